The number of rotatable bonds is 1. The number of nitrogens with one attached hydrogen (secondary N) is 1. The fourth-order valence-electron chi connectivity index (χ4n) is 1.72. The summed E-state index contributed by atoms with van der Waals surface area (Å²) in [6.07, 6.45) is 0. The molecule has 0 saturated heterocycles. The second-order valence-electron chi connectivity index (χ2n) is 4.12. The predicted molar refractivity (Wildman–Crippen MR) is 60.8 cm³/mol. The van der Waals surface area contributed by atoms with Crippen molar-refractivity contribution in [3.8, 4) is 0 Å². The summed E-state index contributed by atoms with van der Waals surface area (Å²) < 4.78 is 0. The van der Waals surface area contributed by atoms with E-state index in [2.05, 4.69) is 24.0 Å². The van der Waals surface area contributed by atoms with E-state index in [9.17, 15) is 4.79 Å². The molecule has 0 saturated carbocycles. The smallest absolute Gasteiger partial charge is 0.234 e. The van der Waals surface area contributed by atoms with E-state index in [1.54, 1.807) is 0 Å². The van der Waals surface area contributed by atoms with Crippen LogP contribution in [0.1, 0.15) is 25.0 Å². The van der Waals surface area contributed by atoms with Crippen molar-refractivity contribution in [2.24, 2.45) is 0 Å². The number of fused-ring (bicyclic) bond motifs is 1. The molecular formula is C11H13NOS. The molecule has 1 heterocycles. The van der Waals surface area contributed by atoms with Gasteiger partial charge in [-0.05, 0) is 31.0 Å². The first kappa shape index (κ1) is 9.59. The SMILES string of the molecule is CC1(C)C(=O)Nc2ccc(CS)cc21. The summed E-state index contributed by atoms with van der Waals surface area (Å²) >= 11 is 4.22. The van der Waals surface area contributed by atoms with Crippen molar-refractivity contribution >= 4 is 24.2 Å². The lowest BCUT2D eigenvalue weighted by atomic mass is 9.85. The standard InChI is InChI=1S/C11H13NOS/c1-11(2)8-5-7(6-14)3-4-9(8)12-10(11)13/h3-5,14H,6H2,1-2H3,(H,12,13). The Kier molecular flexibility index (Phi) is 2.07. The van der Waals surface area contributed by atoms with E-state index in [1.165, 1.54) is 0 Å². The van der Waals surface area contributed by atoms with Crippen LogP contribution < -0.4 is 5.32 Å². The molecule has 2 rings (SSSR count). The van der Waals surface area contributed by atoms with Gasteiger partial charge in [-0.2, -0.15) is 12.6 Å². The van der Waals surface area contributed by atoms with Crippen LogP contribution in [0, 0.1) is 0 Å². The molecule has 14 heavy (non-hydrogen) atoms. The van der Waals surface area contributed by atoms with E-state index in [4.69, 9.17) is 0 Å². The van der Waals surface area contributed by atoms with Crippen molar-refractivity contribution in [1.82, 2.24) is 0 Å². The number of benzene rings is 1. The van der Waals surface area contributed by atoms with Gasteiger partial charge in [-0.25, -0.2) is 0 Å². The fourth-order valence-corrected chi connectivity index (χ4v) is 1.91. The highest BCUT2D eigenvalue weighted by molar-refractivity contribution is 7.79. The first-order valence-electron chi connectivity index (χ1n) is 4.61. The summed E-state index contributed by atoms with van der Waals surface area (Å²) in [6.45, 7) is 3.88. The third kappa shape index (κ3) is 1.23. The summed E-state index contributed by atoms with van der Waals surface area (Å²) in [5, 5.41) is 2.88. The minimum atomic E-state index is -0.408. The van der Waals surface area contributed by atoms with Crippen molar-refractivity contribution in [2.45, 2.75) is 25.0 Å². The van der Waals surface area contributed by atoms with Gasteiger partial charge in [0.1, 0.15) is 0 Å². The van der Waals surface area contributed by atoms with Crippen molar-refractivity contribution < 1.29 is 4.79 Å². The topological polar surface area (TPSA) is 29.1 Å². The molecule has 1 amide bonds. The Bertz CT molecular complexity index is 398. The van der Waals surface area contributed by atoms with E-state index in [0.29, 0.717) is 5.75 Å². The Balaban J connectivity index is 2.56. The minimum absolute atomic E-state index is 0.0730. The lowest BCUT2D eigenvalue weighted by Gasteiger charge is -2.15. The first-order valence-corrected chi connectivity index (χ1v) is 5.24. The van der Waals surface area contributed by atoms with Crippen LogP contribution in [0.15, 0.2) is 18.2 Å². The van der Waals surface area contributed by atoms with Crippen molar-refractivity contribution in [2.75, 3.05) is 5.32 Å². The maximum atomic E-state index is 11.6. The van der Waals surface area contributed by atoms with E-state index < -0.39 is 5.41 Å². The molecule has 1 aliphatic heterocycles. The third-order valence-electron chi connectivity index (χ3n) is 2.76. The molecule has 2 nitrogen and oxygen atoms in total. The average molecular weight is 207 g/mol. The molecular weight excluding hydrogens is 194 g/mol. The lowest BCUT2D eigenvalue weighted by Crippen LogP contribution is -2.26. The van der Waals surface area contributed by atoms with Gasteiger partial charge in [0.05, 0.1) is 5.41 Å². The molecule has 0 unspecified atom stereocenters. The van der Waals surface area contributed by atoms with E-state index in [1.807, 2.05) is 26.0 Å². The number of hydrogen-bond acceptors (Lipinski definition) is 2. The number of carbonyl (C=O) groups excluding carboxylic acids is 1. The van der Waals surface area contributed by atoms with E-state index >= 15 is 0 Å². The van der Waals surface area contributed by atoms with E-state index in [-0.39, 0.29) is 5.91 Å². The first-order chi connectivity index (χ1) is 6.55. The largest absolute Gasteiger partial charge is 0.325 e. The van der Waals surface area contributed by atoms with Crippen LogP contribution in [0.4, 0.5) is 5.69 Å². The molecule has 1 aromatic carbocycles. The van der Waals surface area contributed by atoms with Gasteiger partial charge in [0.25, 0.3) is 0 Å². The summed E-state index contributed by atoms with van der Waals surface area (Å²) in [5.74, 6) is 0.779. The highest BCUT2D eigenvalue weighted by Crippen LogP contribution is 2.37. The summed E-state index contributed by atoms with van der Waals surface area (Å²) in [5.41, 5.74) is 2.75. The molecule has 0 fully saturated rings. The summed E-state index contributed by atoms with van der Waals surface area (Å²) in [4.78, 5) is 11.6. The average Bonchev–Trinajstić information content (AvgIpc) is 2.38. The molecule has 0 spiro atoms. The maximum Gasteiger partial charge on any atom is 0.234 e. The molecule has 74 valence electrons. The summed E-state index contributed by atoms with van der Waals surface area (Å²) in [7, 11) is 0. The normalized spacial score (nSPS) is 17.8. The second kappa shape index (κ2) is 3.02. The Morgan fingerprint density at radius 1 is 1.43 bits per heavy atom. The second-order valence-corrected chi connectivity index (χ2v) is 4.43. The van der Waals surface area contributed by atoms with Gasteiger partial charge in [0.15, 0.2) is 0 Å². The molecule has 0 radical (unpaired) electrons. The van der Waals surface area contributed by atoms with Crippen LogP contribution in [-0.4, -0.2) is 5.91 Å². The number of amides is 1. The zero-order chi connectivity index (χ0) is 10.3. The minimum Gasteiger partial charge on any atom is -0.325 e. The van der Waals surface area contributed by atoms with E-state index in [0.717, 1.165) is 16.8 Å². The van der Waals surface area contributed by atoms with Gasteiger partial charge in [-0.1, -0.05) is 12.1 Å². The highest BCUT2D eigenvalue weighted by atomic mass is 32.1. The van der Waals surface area contributed by atoms with Gasteiger partial charge < -0.3 is 5.32 Å². The van der Waals surface area contributed by atoms with Crippen molar-refractivity contribution in [3.63, 3.8) is 0 Å². The molecule has 0 aromatic heterocycles. The van der Waals surface area contributed by atoms with Gasteiger partial charge in [-0.15, -0.1) is 0 Å². The Morgan fingerprint density at radius 3 is 2.79 bits per heavy atom. The fraction of sp³-hybridized carbons (Fsp3) is 0.364. The summed E-state index contributed by atoms with van der Waals surface area (Å²) in [6, 6.07) is 6.00. The molecule has 3 heteroatoms. The lowest BCUT2D eigenvalue weighted by molar-refractivity contribution is -0.119. The van der Waals surface area contributed by atoms with Gasteiger partial charge >= 0.3 is 0 Å². The Hall–Kier alpha value is -0.960. The van der Waals surface area contributed by atoms with Gasteiger partial charge in [0, 0.05) is 11.4 Å². The predicted octanol–water partition coefficient (Wildman–Crippen LogP) is 2.35. The number of carbonyl (C=O) groups is 1. The monoisotopic (exact) mass is 207 g/mol. The Morgan fingerprint density at radius 2 is 2.14 bits per heavy atom. The van der Waals surface area contributed by atoms with Crippen molar-refractivity contribution in [1.29, 1.82) is 0 Å². The Labute approximate surface area is 89.1 Å². The third-order valence-corrected chi connectivity index (χ3v) is 3.12. The molecule has 0 aliphatic carbocycles. The zero-order valence-electron chi connectivity index (χ0n) is 8.29. The molecule has 1 aliphatic rings. The molecule has 1 aromatic rings. The van der Waals surface area contributed by atoms with Gasteiger partial charge in [-0.3, -0.25) is 4.79 Å². The van der Waals surface area contributed by atoms with Crippen LogP contribution in [-0.2, 0) is 16.0 Å². The van der Waals surface area contributed by atoms with Gasteiger partial charge in [0.2, 0.25) is 5.91 Å². The highest BCUT2D eigenvalue weighted by Gasteiger charge is 2.38. The van der Waals surface area contributed by atoms with Crippen molar-refractivity contribution in [3.05, 3.63) is 29.3 Å². The van der Waals surface area contributed by atoms with Crippen LogP contribution in [0.5, 0.6) is 0 Å². The molecule has 0 atom stereocenters. The molecule has 0 bridgehead atoms. The quantitative estimate of drug-likeness (QED) is 0.680. The maximum absolute atomic E-state index is 11.6. The zero-order valence-corrected chi connectivity index (χ0v) is 9.19. The number of anilines is 1. The number of thiol groups is 1. The van der Waals surface area contributed by atoms with Crippen LogP contribution in [0.25, 0.3) is 0 Å². The molecule has 1 N–H and O–H groups in total. The van der Waals surface area contributed by atoms with Crippen LogP contribution in [0.2, 0.25) is 0 Å². The van der Waals surface area contributed by atoms with Crippen LogP contribution in [0.3, 0.4) is 0 Å². The number of hydrogen-bond donors (Lipinski definition) is 2. The van der Waals surface area contributed by atoms with Crippen LogP contribution >= 0.6 is 12.6 Å².